The number of rotatable bonds is 3. The quantitative estimate of drug-likeness (QED) is 0.864. The standard InChI is InChI=1S/C17H30N2O2/c1-19(11-14-9-12-2-3-13(14)8-12)16-10-17(5-4-15(16)18)20-6-7-21-17/h12-16H,2-11,18H2,1H3. The maximum Gasteiger partial charge on any atom is 0.170 e. The molecule has 0 aromatic heterocycles. The molecule has 4 nitrogen and oxygen atoms in total. The third-order valence-electron chi connectivity index (χ3n) is 6.66. The molecule has 5 atom stereocenters. The predicted octanol–water partition coefficient (Wildman–Crippen LogP) is 1.98. The van der Waals surface area contributed by atoms with Gasteiger partial charge in [0.05, 0.1) is 13.2 Å². The first kappa shape index (κ1) is 14.4. The van der Waals surface area contributed by atoms with Gasteiger partial charge < -0.3 is 20.1 Å². The summed E-state index contributed by atoms with van der Waals surface area (Å²) in [6, 6.07) is 0.683. The number of nitrogens with zero attached hydrogens (tertiary/aromatic N) is 1. The van der Waals surface area contributed by atoms with E-state index in [1.165, 1.54) is 32.2 Å². The largest absolute Gasteiger partial charge is 0.347 e. The van der Waals surface area contributed by atoms with Crippen molar-refractivity contribution in [2.75, 3.05) is 26.8 Å². The molecule has 120 valence electrons. The van der Waals surface area contributed by atoms with Crippen LogP contribution in [0.25, 0.3) is 0 Å². The number of ether oxygens (including phenoxy) is 2. The first-order valence-electron chi connectivity index (χ1n) is 8.89. The molecule has 0 aromatic rings. The van der Waals surface area contributed by atoms with Gasteiger partial charge >= 0.3 is 0 Å². The topological polar surface area (TPSA) is 47.7 Å². The molecule has 4 aliphatic rings. The van der Waals surface area contributed by atoms with Crippen molar-refractivity contribution < 1.29 is 9.47 Å². The second-order valence-electron chi connectivity index (χ2n) is 7.96. The lowest BCUT2D eigenvalue weighted by Crippen LogP contribution is -2.56. The Hall–Kier alpha value is -0.160. The molecule has 0 aromatic carbocycles. The maximum absolute atomic E-state index is 6.43. The summed E-state index contributed by atoms with van der Waals surface area (Å²) in [7, 11) is 2.27. The Labute approximate surface area is 128 Å². The van der Waals surface area contributed by atoms with Crippen molar-refractivity contribution in [1.29, 1.82) is 0 Å². The maximum atomic E-state index is 6.43. The van der Waals surface area contributed by atoms with Gasteiger partial charge in [-0.25, -0.2) is 0 Å². The van der Waals surface area contributed by atoms with Gasteiger partial charge in [-0.05, 0) is 50.5 Å². The van der Waals surface area contributed by atoms with Crippen LogP contribution in [-0.2, 0) is 9.47 Å². The molecule has 1 aliphatic heterocycles. The van der Waals surface area contributed by atoms with Crippen LogP contribution in [0.1, 0.15) is 44.9 Å². The predicted molar refractivity (Wildman–Crippen MR) is 81.8 cm³/mol. The summed E-state index contributed by atoms with van der Waals surface area (Å²) in [5.41, 5.74) is 6.43. The number of fused-ring (bicyclic) bond motifs is 2. The normalized spacial score (nSPS) is 45.0. The Kier molecular flexibility index (Phi) is 3.77. The zero-order valence-electron chi connectivity index (χ0n) is 13.3. The van der Waals surface area contributed by atoms with Crippen molar-refractivity contribution >= 4 is 0 Å². The van der Waals surface area contributed by atoms with E-state index in [-0.39, 0.29) is 11.8 Å². The van der Waals surface area contributed by atoms with Crippen molar-refractivity contribution in [3.63, 3.8) is 0 Å². The van der Waals surface area contributed by atoms with E-state index >= 15 is 0 Å². The lowest BCUT2D eigenvalue weighted by atomic mass is 9.83. The smallest absolute Gasteiger partial charge is 0.170 e. The molecular formula is C17H30N2O2. The Balaban J connectivity index is 1.39. The second kappa shape index (κ2) is 5.48. The first-order chi connectivity index (χ1) is 10.2. The van der Waals surface area contributed by atoms with E-state index in [0.717, 1.165) is 50.2 Å². The number of hydrogen-bond acceptors (Lipinski definition) is 4. The molecule has 2 N–H and O–H groups in total. The fourth-order valence-corrected chi connectivity index (χ4v) is 5.50. The van der Waals surface area contributed by atoms with E-state index in [2.05, 4.69) is 11.9 Å². The molecule has 2 bridgehead atoms. The van der Waals surface area contributed by atoms with E-state index in [4.69, 9.17) is 15.2 Å². The van der Waals surface area contributed by atoms with Gasteiger partial charge in [0.25, 0.3) is 0 Å². The molecule has 4 rings (SSSR count). The monoisotopic (exact) mass is 294 g/mol. The summed E-state index contributed by atoms with van der Waals surface area (Å²) in [4.78, 5) is 2.53. The van der Waals surface area contributed by atoms with Crippen LogP contribution < -0.4 is 5.73 Å². The van der Waals surface area contributed by atoms with Gasteiger partial charge in [-0.15, -0.1) is 0 Å². The molecule has 1 heterocycles. The van der Waals surface area contributed by atoms with E-state index in [9.17, 15) is 0 Å². The summed E-state index contributed by atoms with van der Waals surface area (Å²) < 4.78 is 11.9. The Morgan fingerprint density at radius 3 is 2.62 bits per heavy atom. The first-order valence-corrected chi connectivity index (χ1v) is 8.89. The van der Waals surface area contributed by atoms with Crippen LogP contribution in [0.3, 0.4) is 0 Å². The van der Waals surface area contributed by atoms with Gasteiger partial charge in [-0.3, -0.25) is 0 Å². The number of nitrogens with two attached hydrogens (primary N) is 1. The second-order valence-corrected chi connectivity index (χ2v) is 7.96. The highest BCUT2D eigenvalue weighted by Gasteiger charge is 2.46. The van der Waals surface area contributed by atoms with E-state index in [1.54, 1.807) is 0 Å². The van der Waals surface area contributed by atoms with Crippen LogP contribution in [-0.4, -0.2) is 49.6 Å². The van der Waals surface area contributed by atoms with Crippen LogP contribution in [0.15, 0.2) is 0 Å². The van der Waals surface area contributed by atoms with Crippen LogP contribution >= 0.6 is 0 Å². The van der Waals surface area contributed by atoms with Gasteiger partial charge in [0.1, 0.15) is 0 Å². The summed E-state index contributed by atoms with van der Waals surface area (Å²) in [6.07, 6.45) is 8.83. The van der Waals surface area contributed by atoms with Crippen LogP contribution in [0, 0.1) is 17.8 Å². The lowest BCUT2D eigenvalue weighted by Gasteiger charge is -2.44. The van der Waals surface area contributed by atoms with Crippen LogP contribution in [0.4, 0.5) is 0 Å². The van der Waals surface area contributed by atoms with Gasteiger partial charge in [0.15, 0.2) is 5.79 Å². The zero-order valence-corrected chi connectivity index (χ0v) is 13.3. The van der Waals surface area contributed by atoms with Gasteiger partial charge in [-0.1, -0.05) is 6.42 Å². The summed E-state index contributed by atoms with van der Waals surface area (Å²) in [5.74, 6) is 2.61. The molecule has 4 heteroatoms. The Morgan fingerprint density at radius 2 is 1.95 bits per heavy atom. The fraction of sp³-hybridized carbons (Fsp3) is 1.00. The minimum absolute atomic E-state index is 0.270. The highest BCUT2D eigenvalue weighted by atomic mass is 16.7. The van der Waals surface area contributed by atoms with Crippen molar-refractivity contribution in [2.24, 2.45) is 23.5 Å². The zero-order chi connectivity index (χ0) is 14.4. The molecule has 0 radical (unpaired) electrons. The molecule has 4 fully saturated rings. The third kappa shape index (κ3) is 2.65. The highest BCUT2D eigenvalue weighted by Crippen LogP contribution is 2.48. The average molecular weight is 294 g/mol. The molecule has 3 saturated carbocycles. The van der Waals surface area contributed by atoms with Crippen molar-refractivity contribution in [3.8, 4) is 0 Å². The molecule has 3 aliphatic carbocycles. The summed E-state index contributed by atoms with van der Waals surface area (Å²) >= 11 is 0. The lowest BCUT2D eigenvalue weighted by molar-refractivity contribution is -0.191. The highest BCUT2D eigenvalue weighted by molar-refractivity contribution is 4.97. The molecule has 21 heavy (non-hydrogen) atoms. The Morgan fingerprint density at radius 1 is 1.14 bits per heavy atom. The van der Waals surface area contributed by atoms with Crippen molar-refractivity contribution in [1.82, 2.24) is 4.90 Å². The number of likely N-dealkylation sites (N-methyl/N-ethyl adjacent to an activating group) is 1. The van der Waals surface area contributed by atoms with Crippen LogP contribution in [0.2, 0.25) is 0 Å². The van der Waals surface area contributed by atoms with E-state index in [1.807, 2.05) is 0 Å². The molecule has 5 unspecified atom stereocenters. The summed E-state index contributed by atoms with van der Waals surface area (Å²) in [6.45, 7) is 2.71. The van der Waals surface area contributed by atoms with E-state index in [0.29, 0.717) is 6.04 Å². The Bertz CT molecular complexity index is 383. The van der Waals surface area contributed by atoms with Gasteiger partial charge in [-0.2, -0.15) is 0 Å². The SMILES string of the molecule is CN(CC1CC2CCC1C2)C1CC2(CCC1N)OCCO2. The van der Waals surface area contributed by atoms with E-state index < -0.39 is 0 Å². The van der Waals surface area contributed by atoms with Gasteiger partial charge in [0.2, 0.25) is 0 Å². The average Bonchev–Trinajstić information content (AvgIpc) is 3.19. The van der Waals surface area contributed by atoms with Crippen molar-refractivity contribution in [2.45, 2.75) is 62.8 Å². The molecule has 1 saturated heterocycles. The minimum Gasteiger partial charge on any atom is -0.347 e. The molecule has 1 spiro atoms. The molecule has 0 amide bonds. The van der Waals surface area contributed by atoms with Crippen molar-refractivity contribution in [3.05, 3.63) is 0 Å². The minimum atomic E-state index is -0.316. The molecular weight excluding hydrogens is 264 g/mol. The number of hydrogen-bond donors (Lipinski definition) is 1. The summed E-state index contributed by atoms with van der Waals surface area (Å²) in [5, 5.41) is 0. The van der Waals surface area contributed by atoms with Gasteiger partial charge in [0, 0.05) is 31.5 Å². The fourth-order valence-electron chi connectivity index (χ4n) is 5.50. The third-order valence-corrected chi connectivity index (χ3v) is 6.66. The van der Waals surface area contributed by atoms with Crippen LogP contribution in [0.5, 0.6) is 0 Å².